The average Bonchev–Trinajstić information content (AvgIpc) is 2.47. The predicted octanol–water partition coefficient (Wildman–Crippen LogP) is 2.08. The van der Waals surface area contributed by atoms with Crippen molar-refractivity contribution in [3.63, 3.8) is 0 Å². The van der Waals surface area contributed by atoms with Gasteiger partial charge in [-0.25, -0.2) is 4.79 Å². The minimum atomic E-state index is -0.942. The maximum Gasteiger partial charge on any atom is 0.339 e. The average molecular weight is 272 g/mol. The fourth-order valence-electron chi connectivity index (χ4n) is 2.64. The molecule has 1 saturated heterocycles. The predicted molar refractivity (Wildman–Crippen MR) is 76.5 cm³/mol. The van der Waals surface area contributed by atoms with Gasteiger partial charge in [0.1, 0.15) is 5.56 Å². The number of para-hydroxylation sites is 1. The fourth-order valence-corrected chi connectivity index (χ4v) is 2.64. The molecule has 0 atom stereocenters. The molecule has 2 aromatic rings. The maximum atomic E-state index is 11.5. The molecule has 0 bridgehead atoms. The third-order valence-corrected chi connectivity index (χ3v) is 3.63. The molecule has 104 valence electrons. The van der Waals surface area contributed by atoms with E-state index < -0.39 is 5.97 Å². The van der Waals surface area contributed by atoms with Crippen LogP contribution >= 0.6 is 0 Å². The normalized spacial score (nSPS) is 15.6. The SMILES string of the molecule is Cc1cccc2c(N3CCOCC3)c(C(=O)O)cnc12. The molecule has 1 N–H and O–H groups in total. The van der Waals surface area contributed by atoms with Gasteiger partial charge in [0.05, 0.1) is 24.4 Å². The summed E-state index contributed by atoms with van der Waals surface area (Å²) in [4.78, 5) is 17.9. The van der Waals surface area contributed by atoms with E-state index >= 15 is 0 Å². The van der Waals surface area contributed by atoms with E-state index in [-0.39, 0.29) is 5.56 Å². The quantitative estimate of drug-likeness (QED) is 0.906. The monoisotopic (exact) mass is 272 g/mol. The van der Waals surface area contributed by atoms with Crippen LogP contribution < -0.4 is 4.90 Å². The number of ether oxygens (including phenoxy) is 1. The van der Waals surface area contributed by atoms with E-state index in [4.69, 9.17) is 4.74 Å². The first-order chi connectivity index (χ1) is 9.68. The second kappa shape index (κ2) is 5.09. The maximum absolute atomic E-state index is 11.5. The number of carbonyl (C=O) groups is 1. The molecular weight excluding hydrogens is 256 g/mol. The van der Waals surface area contributed by atoms with E-state index in [1.165, 1.54) is 6.20 Å². The summed E-state index contributed by atoms with van der Waals surface area (Å²) in [7, 11) is 0. The highest BCUT2D eigenvalue weighted by Crippen LogP contribution is 2.31. The van der Waals surface area contributed by atoms with Crippen LogP contribution in [0.1, 0.15) is 15.9 Å². The van der Waals surface area contributed by atoms with Gasteiger partial charge in [-0.15, -0.1) is 0 Å². The van der Waals surface area contributed by atoms with Gasteiger partial charge < -0.3 is 14.7 Å². The van der Waals surface area contributed by atoms with Crippen LogP contribution in [-0.4, -0.2) is 42.4 Å². The summed E-state index contributed by atoms with van der Waals surface area (Å²) in [5.74, 6) is -0.942. The lowest BCUT2D eigenvalue weighted by molar-refractivity contribution is 0.0696. The molecule has 0 spiro atoms. The van der Waals surface area contributed by atoms with E-state index in [1.54, 1.807) is 0 Å². The van der Waals surface area contributed by atoms with Crippen molar-refractivity contribution in [2.45, 2.75) is 6.92 Å². The minimum absolute atomic E-state index is 0.255. The largest absolute Gasteiger partial charge is 0.478 e. The molecule has 5 heteroatoms. The summed E-state index contributed by atoms with van der Waals surface area (Å²) in [5.41, 5.74) is 2.92. The number of pyridine rings is 1. The summed E-state index contributed by atoms with van der Waals surface area (Å²) in [5, 5.41) is 10.3. The Balaban J connectivity index is 2.26. The van der Waals surface area contributed by atoms with E-state index in [2.05, 4.69) is 9.88 Å². The molecule has 0 aliphatic carbocycles. The number of anilines is 1. The second-order valence-corrected chi connectivity index (χ2v) is 4.90. The topological polar surface area (TPSA) is 62.7 Å². The Morgan fingerprint density at radius 2 is 2.10 bits per heavy atom. The number of hydrogen-bond acceptors (Lipinski definition) is 4. The summed E-state index contributed by atoms with van der Waals surface area (Å²) in [6.07, 6.45) is 1.46. The lowest BCUT2D eigenvalue weighted by Crippen LogP contribution is -2.37. The van der Waals surface area contributed by atoms with Crippen LogP contribution in [0.5, 0.6) is 0 Å². The van der Waals surface area contributed by atoms with Crippen LogP contribution in [0.15, 0.2) is 24.4 Å². The van der Waals surface area contributed by atoms with Crippen molar-refractivity contribution in [1.82, 2.24) is 4.98 Å². The van der Waals surface area contributed by atoms with Crippen molar-refractivity contribution in [2.24, 2.45) is 0 Å². The van der Waals surface area contributed by atoms with Crippen LogP contribution in [0.25, 0.3) is 10.9 Å². The Morgan fingerprint density at radius 3 is 2.80 bits per heavy atom. The standard InChI is InChI=1S/C15H16N2O3/c1-10-3-2-4-11-13(10)16-9-12(15(18)19)14(11)17-5-7-20-8-6-17/h2-4,9H,5-8H2,1H3,(H,18,19). The molecular formula is C15H16N2O3. The number of rotatable bonds is 2. The number of nitrogens with zero attached hydrogens (tertiary/aromatic N) is 2. The lowest BCUT2D eigenvalue weighted by Gasteiger charge is -2.30. The molecule has 0 radical (unpaired) electrons. The lowest BCUT2D eigenvalue weighted by atomic mass is 10.0. The Morgan fingerprint density at radius 1 is 1.35 bits per heavy atom. The minimum Gasteiger partial charge on any atom is -0.478 e. The summed E-state index contributed by atoms with van der Waals surface area (Å²) in [6.45, 7) is 4.63. The van der Waals surface area contributed by atoms with Crippen molar-refractivity contribution in [1.29, 1.82) is 0 Å². The molecule has 0 saturated carbocycles. The van der Waals surface area contributed by atoms with Crippen molar-refractivity contribution in [2.75, 3.05) is 31.2 Å². The molecule has 1 aliphatic rings. The summed E-state index contributed by atoms with van der Waals surface area (Å²) >= 11 is 0. The number of aromatic carboxylic acids is 1. The molecule has 0 amide bonds. The molecule has 0 unspecified atom stereocenters. The third-order valence-electron chi connectivity index (χ3n) is 3.63. The van der Waals surface area contributed by atoms with Gasteiger partial charge in [0.15, 0.2) is 0 Å². The third kappa shape index (κ3) is 2.10. The number of fused-ring (bicyclic) bond motifs is 1. The summed E-state index contributed by atoms with van der Waals surface area (Å²) < 4.78 is 5.35. The van der Waals surface area contributed by atoms with Crippen molar-refractivity contribution in [3.8, 4) is 0 Å². The number of aromatic nitrogens is 1. The van der Waals surface area contributed by atoms with Crippen LogP contribution in [0.3, 0.4) is 0 Å². The first kappa shape index (κ1) is 12.9. The van der Waals surface area contributed by atoms with Crippen LogP contribution in [0.4, 0.5) is 5.69 Å². The van der Waals surface area contributed by atoms with E-state index in [9.17, 15) is 9.90 Å². The smallest absolute Gasteiger partial charge is 0.339 e. The number of aryl methyl sites for hydroxylation is 1. The van der Waals surface area contributed by atoms with Crippen molar-refractivity contribution in [3.05, 3.63) is 35.5 Å². The van der Waals surface area contributed by atoms with Crippen LogP contribution in [0.2, 0.25) is 0 Å². The Bertz CT molecular complexity index is 663. The first-order valence-electron chi connectivity index (χ1n) is 6.63. The second-order valence-electron chi connectivity index (χ2n) is 4.90. The van der Waals surface area contributed by atoms with Gasteiger partial charge in [0.2, 0.25) is 0 Å². The van der Waals surface area contributed by atoms with Gasteiger partial charge in [0, 0.05) is 24.7 Å². The molecule has 20 heavy (non-hydrogen) atoms. The van der Waals surface area contributed by atoms with Crippen LogP contribution in [0, 0.1) is 6.92 Å². The Hall–Kier alpha value is -2.14. The highest BCUT2D eigenvalue weighted by Gasteiger charge is 2.22. The van der Waals surface area contributed by atoms with Gasteiger partial charge in [-0.3, -0.25) is 4.98 Å². The van der Waals surface area contributed by atoms with Gasteiger partial charge in [-0.2, -0.15) is 0 Å². The van der Waals surface area contributed by atoms with Gasteiger partial charge in [-0.1, -0.05) is 18.2 Å². The number of carboxylic acids is 1. The van der Waals surface area contributed by atoms with E-state index in [0.29, 0.717) is 26.3 Å². The number of carboxylic acid groups (broad SMARTS) is 1. The van der Waals surface area contributed by atoms with E-state index in [0.717, 1.165) is 22.2 Å². The van der Waals surface area contributed by atoms with Gasteiger partial charge in [-0.05, 0) is 12.5 Å². The Kier molecular flexibility index (Phi) is 3.28. The molecule has 1 aliphatic heterocycles. The van der Waals surface area contributed by atoms with Gasteiger partial charge >= 0.3 is 5.97 Å². The molecule has 5 nitrogen and oxygen atoms in total. The van der Waals surface area contributed by atoms with Crippen molar-refractivity contribution >= 4 is 22.6 Å². The molecule has 2 heterocycles. The molecule has 1 fully saturated rings. The summed E-state index contributed by atoms with van der Waals surface area (Å²) in [6, 6.07) is 5.86. The zero-order chi connectivity index (χ0) is 14.1. The zero-order valence-electron chi connectivity index (χ0n) is 11.3. The molecule has 1 aromatic carbocycles. The number of benzene rings is 1. The highest BCUT2D eigenvalue weighted by molar-refractivity contribution is 6.05. The number of morpholine rings is 1. The van der Waals surface area contributed by atoms with Crippen molar-refractivity contribution < 1.29 is 14.6 Å². The molecule has 3 rings (SSSR count). The molecule has 1 aromatic heterocycles. The number of hydrogen-bond donors (Lipinski definition) is 1. The highest BCUT2D eigenvalue weighted by atomic mass is 16.5. The van der Waals surface area contributed by atoms with Gasteiger partial charge in [0.25, 0.3) is 0 Å². The Labute approximate surface area is 116 Å². The fraction of sp³-hybridized carbons (Fsp3) is 0.333. The van der Waals surface area contributed by atoms with E-state index in [1.807, 2.05) is 25.1 Å². The zero-order valence-corrected chi connectivity index (χ0v) is 11.3. The first-order valence-corrected chi connectivity index (χ1v) is 6.63. The van der Waals surface area contributed by atoms with Crippen LogP contribution in [-0.2, 0) is 4.74 Å².